The summed E-state index contributed by atoms with van der Waals surface area (Å²) in [6.45, 7) is 0.528. The number of nitrogens with zero attached hydrogens (tertiary/aromatic N) is 2. The average Bonchev–Trinajstić information content (AvgIpc) is 3.05. The van der Waals surface area contributed by atoms with E-state index in [4.69, 9.17) is 0 Å². The number of hydrogen-bond acceptors (Lipinski definition) is 4. The van der Waals surface area contributed by atoms with Crippen LogP contribution in [0.5, 0.6) is 0 Å². The second kappa shape index (κ2) is 7.51. The largest absolute Gasteiger partial charge is 0.337 e. The molecule has 3 rings (SSSR count). The summed E-state index contributed by atoms with van der Waals surface area (Å²) >= 11 is 1.60. The van der Waals surface area contributed by atoms with Crippen molar-refractivity contribution in [3.63, 3.8) is 0 Å². The van der Waals surface area contributed by atoms with E-state index in [2.05, 4.69) is 20.6 Å². The predicted molar refractivity (Wildman–Crippen MR) is 92.5 cm³/mol. The third-order valence-corrected chi connectivity index (χ3v) is 4.06. The molecule has 6 heteroatoms. The minimum absolute atomic E-state index is 0.261. The van der Waals surface area contributed by atoms with Crippen LogP contribution in [0.2, 0.25) is 0 Å². The lowest BCUT2D eigenvalue weighted by atomic mass is 10.2. The molecule has 2 N–H and O–H groups in total. The van der Waals surface area contributed by atoms with Crippen LogP contribution in [0.25, 0.3) is 11.3 Å². The number of hydrogen-bond donors (Lipinski definition) is 2. The lowest BCUT2D eigenvalue weighted by molar-refractivity contribution is 0.252. The molecule has 116 valence electrons. The van der Waals surface area contributed by atoms with Crippen molar-refractivity contribution in [1.29, 1.82) is 0 Å². The first-order valence-electron chi connectivity index (χ1n) is 7.27. The third-order valence-electron chi connectivity index (χ3n) is 3.15. The normalized spacial score (nSPS) is 10.3. The van der Waals surface area contributed by atoms with Gasteiger partial charge in [-0.25, -0.2) is 14.8 Å². The quantitative estimate of drug-likeness (QED) is 0.754. The zero-order chi connectivity index (χ0) is 15.9. The van der Waals surface area contributed by atoms with Gasteiger partial charge in [-0.05, 0) is 12.1 Å². The molecule has 0 aliphatic rings. The first kappa shape index (κ1) is 15.2. The SMILES string of the molecule is O=C(NCCc1nc(-c2ccccc2)cs1)Nc1ccccn1. The number of urea groups is 1. The topological polar surface area (TPSA) is 66.9 Å². The van der Waals surface area contributed by atoms with Gasteiger partial charge in [0.15, 0.2) is 0 Å². The standard InChI is InChI=1S/C17H16N4OS/c22-17(21-15-8-4-5-10-18-15)19-11-9-16-20-14(12-23-16)13-6-2-1-3-7-13/h1-8,10,12H,9,11H2,(H2,18,19,21,22). The summed E-state index contributed by atoms with van der Waals surface area (Å²) in [6, 6.07) is 15.2. The highest BCUT2D eigenvalue weighted by atomic mass is 32.1. The van der Waals surface area contributed by atoms with E-state index in [0.29, 0.717) is 18.8 Å². The lowest BCUT2D eigenvalue weighted by Crippen LogP contribution is -2.30. The Bertz CT molecular complexity index is 759. The van der Waals surface area contributed by atoms with Gasteiger partial charge in [-0.2, -0.15) is 0 Å². The summed E-state index contributed by atoms with van der Waals surface area (Å²) in [5.74, 6) is 0.533. The molecule has 0 saturated carbocycles. The Labute approximate surface area is 138 Å². The van der Waals surface area contributed by atoms with Crippen molar-refractivity contribution < 1.29 is 4.79 Å². The van der Waals surface area contributed by atoms with Crippen LogP contribution in [0, 0.1) is 0 Å². The van der Waals surface area contributed by atoms with Gasteiger partial charge in [-0.1, -0.05) is 36.4 Å². The number of amides is 2. The van der Waals surface area contributed by atoms with Gasteiger partial charge in [-0.3, -0.25) is 5.32 Å². The van der Waals surface area contributed by atoms with Crippen molar-refractivity contribution in [2.24, 2.45) is 0 Å². The Kier molecular flexibility index (Phi) is 4.95. The number of nitrogens with one attached hydrogen (secondary N) is 2. The van der Waals surface area contributed by atoms with E-state index in [9.17, 15) is 4.79 Å². The van der Waals surface area contributed by atoms with Gasteiger partial charge in [0.1, 0.15) is 5.82 Å². The number of rotatable bonds is 5. The highest BCUT2D eigenvalue weighted by molar-refractivity contribution is 7.09. The summed E-state index contributed by atoms with van der Waals surface area (Å²) in [5, 5.41) is 8.53. The maximum absolute atomic E-state index is 11.8. The number of aromatic nitrogens is 2. The monoisotopic (exact) mass is 324 g/mol. The second-order valence-electron chi connectivity index (χ2n) is 4.84. The highest BCUT2D eigenvalue weighted by Gasteiger charge is 2.05. The van der Waals surface area contributed by atoms with E-state index in [-0.39, 0.29) is 6.03 Å². The second-order valence-corrected chi connectivity index (χ2v) is 5.78. The number of thiazole rings is 1. The van der Waals surface area contributed by atoms with Crippen LogP contribution in [0.15, 0.2) is 60.1 Å². The molecule has 0 unspecified atom stereocenters. The molecule has 0 spiro atoms. The van der Waals surface area contributed by atoms with E-state index in [1.165, 1.54) is 0 Å². The van der Waals surface area contributed by atoms with Crippen molar-refractivity contribution in [2.75, 3.05) is 11.9 Å². The molecular weight excluding hydrogens is 308 g/mol. The lowest BCUT2D eigenvalue weighted by Gasteiger charge is -2.05. The predicted octanol–water partition coefficient (Wildman–Crippen LogP) is 3.57. The number of anilines is 1. The Morgan fingerprint density at radius 1 is 1.09 bits per heavy atom. The van der Waals surface area contributed by atoms with Gasteiger partial charge in [0.05, 0.1) is 10.7 Å². The summed E-state index contributed by atoms with van der Waals surface area (Å²) in [6.07, 6.45) is 2.34. The van der Waals surface area contributed by atoms with Gasteiger partial charge in [0.2, 0.25) is 0 Å². The summed E-state index contributed by atoms with van der Waals surface area (Å²) in [7, 11) is 0. The van der Waals surface area contributed by atoms with E-state index >= 15 is 0 Å². The summed E-state index contributed by atoms with van der Waals surface area (Å²) in [5.41, 5.74) is 2.08. The van der Waals surface area contributed by atoms with Crippen LogP contribution >= 0.6 is 11.3 Å². The fraction of sp³-hybridized carbons (Fsp3) is 0.118. The Balaban J connectivity index is 1.48. The first-order chi connectivity index (χ1) is 11.3. The Morgan fingerprint density at radius 3 is 2.70 bits per heavy atom. The van der Waals surface area contributed by atoms with Crippen molar-refractivity contribution in [3.05, 3.63) is 65.1 Å². The average molecular weight is 324 g/mol. The van der Waals surface area contributed by atoms with Crippen molar-refractivity contribution in [1.82, 2.24) is 15.3 Å². The van der Waals surface area contributed by atoms with Crippen LogP contribution in [0.4, 0.5) is 10.6 Å². The number of pyridine rings is 1. The fourth-order valence-electron chi connectivity index (χ4n) is 2.05. The molecule has 0 radical (unpaired) electrons. The Morgan fingerprint density at radius 2 is 1.91 bits per heavy atom. The van der Waals surface area contributed by atoms with Gasteiger partial charge >= 0.3 is 6.03 Å². The third kappa shape index (κ3) is 4.37. The van der Waals surface area contributed by atoms with Crippen molar-refractivity contribution >= 4 is 23.2 Å². The zero-order valence-corrected chi connectivity index (χ0v) is 13.2. The fourth-order valence-corrected chi connectivity index (χ4v) is 2.85. The Hall–Kier alpha value is -2.73. The van der Waals surface area contributed by atoms with E-state index in [0.717, 1.165) is 16.3 Å². The first-order valence-corrected chi connectivity index (χ1v) is 8.15. The molecule has 0 aliphatic heterocycles. The van der Waals surface area contributed by atoms with Crippen LogP contribution in [-0.4, -0.2) is 22.5 Å². The molecule has 0 saturated heterocycles. The minimum Gasteiger partial charge on any atom is -0.337 e. The smallest absolute Gasteiger partial charge is 0.320 e. The molecular formula is C17H16N4OS. The van der Waals surface area contributed by atoms with Crippen molar-refractivity contribution in [2.45, 2.75) is 6.42 Å². The molecule has 2 aromatic heterocycles. The highest BCUT2D eigenvalue weighted by Crippen LogP contribution is 2.21. The molecule has 0 bridgehead atoms. The van der Waals surface area contributed by atoms with Gasteiger partial charge in [-0.15, -0.1) is 11.3 Å². The number of carbonyl (C=O) groups excluding carboxylic acids is 1. The maximum Gasteiger partial charge on any atom is 0.320 e. The number of benzene rings is 1. The van der Waals surface area contributed by atoms with Crippen LogP contribution in [-0.2, 0) is 6.42 Å². The molecule has 0 atom stereocenters. The molecule has 2 heterocycles. The van der Waals surface area contributed by atoms with E-state index in [1.807, 2.05) is 41.8 Å². The van der Waals surface area contributed by atoms with Gasteiger partial charge in [0, 0.05) is 30.1 Å². The van der Waals surface area contributed by atoms with Gasteiger partial charge in [0.25, 0.3) is 0 Å². The van der Waals surface area contributed by atoms with Crippen LogP contribution in [0.3, 0.4) is 0 Å². The van der Waals surface area contributed by atoms with E-state index < -0.39 is 0 Å². The maximum atomic E-state index is 11.8. The summed E-state index contributed by atoms with van der Waals surface area (Å²) < 4.78 is 0. The summed E-state index contributed by atoms with van der Waals surface area (Å²) in [4.78, 5) is 20.4. The van der Waals surface area contributed by atoms with E-state index in [1.54, 1.807) is 29.7 Å². The van der Waals surface area contributed by atoms with Crippen molar-refractivity contribution in [3.8, 4) is 11.3 Å². The molecule has 2 amide bonds. The van der Waals surface area contributed by atoms with Gasteiger partial charge < -0.3 is 5.32 Å². The molecule has 1 aromatic carbocycles. The molecule has 0 fully saturated rings. The minimum atomic E-state index is -0.261. The van der Waals surface area contributed by atoms with Crippen LogP contribution < -0.4 is 10.6 Å². The molecule has 3 aromatic rings. The molecule has 23 heavy (non-hydrogen) atoms. The van der Waals surface area contributed by atoms with Crippen LogP contribution in [0.1, 0.15) is 5.01 Å². The zero-order valence-electron chi connectivity index (χ0n) is 12.4. The number of carbonyl (C=O) groups is 1. The molecule has 0 aliphatic carbocycles. The molecule has 5 nitrogen and oxygen atoms in total.